The maximum atomic E-state index is 2.70. The maximum Gasteiger partial charge on any atom is 0.0240 e. The van der Waals surface area contributed by atoms with Crippen LogP contribution >= 0.6 is 0 Å². The van der Waals surface area contributed by atoms with Gasteiger partial charge >= 0.3 is 0 Å². The van der Waals surface area contributed by atoms with Gasteiger partial charge in [-0.25, -0.2) is 0 Å². The highest BCUT2D eigenvalue weighted by Gasteiger charge is 2.24. The molecule has 0 aromatic heterocycles. The summed E-state index contributed by atoms with van der Waals surface area (Å²) in [6.45, 7) is 6.74. The van der Waals surface area contributed by atoms with Gasteiger partial charge in [0, 0.05) is 19.1 Å². The molecule has 0 fully saturated rings. The van der Waals surface area contributed by atoms with Crippen molar-refractivity contribution in [2.75, 3.05) is 0 Å². The summed E-state index contributed by atoms with van der Waals surface area (Å²) in [5, 5.41) is 0. The van der Waals surface area contributed by atoms with E-state index in [4.69, 9.17) is 0 Å². The van der Waals surface area contributed by atoms with Crippen molar-refractivity contribution in [1.29, 1.82) is 0 Å². The molecule has 0 aliphatic heterocycles. The van der Waals surface area contributed by atoms with Crippen molar-refractivity contribution in [3.05, 3.63) is 108 Å². The van der Waals surface area contributed by atoms with Crippen LogP contribution in [0.15, 0.2) is 91.0 Å². The lowest BCUT2D eigenvalue weighted by atomic mass is 9.89. The summed E-state index contributed by atoms with van der Waals surface area (Å²) in [6, 6.07) is 33.3. The van der Waals surface area contributed by atoms with Crippen molar-refractivity contribution in [2.45, 2.75) is 52.2 Å². The molecule has 2 atom stereocenters. The van der Waals surface area contributed by atoms with Gasteiger partial charge in [0.15, 0.2) is 0 Å². The van der Waals surface area contributed by atoms with Gasteiger partial charge in [0.2, 0.25) is 0 Å². The van der Waals surface area contributed by atoms with E-state index in [0.29, 0.717) is 12.0 Å². The van der Waals surface area contributed by atoms with Gasteiger partial charge in [-0.2, -0.15) is 0 Å². The Morgan fingerprint density at radius 3 is 1.50 bits per heavy atom. The third-order valence-electron chi connectivity index (χ3n) is 5.57. The van der Waals surface area contributed by atoms with Gasteiger partial charge in [0.05, 0.1) is 0 Å². The van der Waals surface area contributed by atoms with Crippen LogP contribution in [-0.4, -0.2) is 10.9 Å². The van der Waals surface area contributed by atoms with Crippen LogP contribution in [-0.2, 0) is 19.5 Å². The highest BCUT2D eigenvalue weighted by Crippen LogP contribution is 2.25. The second kappa shape index (κ2) is 10.8. The fraction of sp³-hybridized carbons (Fsp3) is 0.333. The lowest BCUT2D eigenvalue weighted by Gasteiger charge is -2.36. The molecular formula is C27H33N. The lowest BCUT2D eigenvalue weighted by molar-refractivity contribution is 0.121. The Morgan fingerprint density at radius 1 is 0.643 bits per heavy atom. The molecule has 0 bridgehead atoms. The molecule has 0 saturated heterocycles. The average molecular weight is 372 g/mol. The first kappa shape index (κ1) is 20.4. The van der Waals surface area contributed by atoms with E-state index in [1.807, 2.05) is 0 Å². The van der Waals surface area contributed by atoms with Crippen molar-refractivity contribution in [3.8, 4) is 0 Å². The molecule has 2 unspecified atom stereocenters. The summed E-state index contributed by atoms with van der Waals surface area (Å²) in [5.41, 5.74) is 4.23. The molecule has 0 heterocycles. The fourth-order valence-electron chi connectivity index (χ4n) is 4.17. The van der Waals surface area contributed by atoms with Gasteiger partial charge in [-0.15, -0.1) is 0 Å². The van der Waals surface area contributed by atoms with Crippen LogP contribution in [0.1, 0.15) is 43.4 Å². The SMILES string of the molecule is CCCC(C(C)Cc1ccccc1)N(Cc1ccccc1)Cc1ccccc1. The molecule has 0 aliphatic rings. The van der Waals surface area contributed by atoms with E-state index in [9.17, 15) is 0 Å². The Labute approximate surface area is 171 Å². The molecule has 0 radical (unpaired) electrons. The molecule has 146 valence electrons. The van der Waals surface area contributed by atoms with E-state index in [2.05, 4.69) is 110 Å². The number of nitrogens with zero attached hydrogens (tertiary/aromatic N) is 1. The number of hydrogen-bond acceptors (Lipinski definition) is 1. The second-order valence-electron chi connectivity index (χ2n) is 7.90. The molecule has 0 N–H and O–H groups in total. The van der Waals surface area contributed by atoms with Crippen molar-refractivity contribution in [3.63, 3.8) is 0 Å². The largest absolute Gasteiger partial charge is 0.292 e. The molecule has 0 amide bonds. The average Bonchev–Trinajstić information content (AvgIpc) is 2.74. The van der Waals surface area contributed by atoms with E-state index in [-0.39, 0.29) is 0 Å². The zero-order chi connectivity index (χ0) is 19.6. The normalized spacial score (nSPS) is 13.4. The highest BCUT2D eigenvalue weighted by molar-refractivity contribution is 5.18. The van der Waals surface area contributed by atoms with E-state index in [1.165, 1.54) is 29.5 Å². The number of benzene rings is 3. The predicted molar refractivity (Wildman–Crippen MR) is 120 cm³/mol. The van der Waals surface area contributed by atoms with Crippen LogP contribution in [0.5, 0.6) is 0 Å². The van der Waals surface area contributed by atoms with Crippen LogP contribution < -0.4 is 0 Å². The minimum absolute atomic E-state index is 0.561. The molecule has 3 rings (SSSR count). The molecule has 0 saturated carbocycles. The Bertz CT molecular complexity index is 741. The molecule has 28 heavy (non-hydrogen) atoms. The van der Waals surface area contributed by atoms with Crippen LogP contribution in [0.3, 0.4) is 0 Å². The first-order chi connectivity index (χ1) is 13.8. The molecule has 1 heteroatoms. The highest BCUT2D eigenvalue weighted by atomic mass is 15.2. The van der Waals surface area contributed by atoms with Crippen LogP contribution in [0.25, 0.3) is 0 Å². The van der Waals surface area contributed by atoms with Crippen molar-refractivity contribution in [2.24, 2.45) is 5.92 Å². The van der Waals surface area contributed by atoms with Gasteiger partial charge in [-0.05, 0) is 35.4 Å². The molecule has 0 aliphatic carbocycles. The van der Waals surface area contributed by atoms with Crippen molar-refractivity contribution >= 4 is 0 Å². The van der Waals surface area contributed by atoms with E-state index < -0.39 is 0 Å². The Balaban J connectivity index is 1.82. The smallest absolute Gasteiger partial charge is 0.0240 e. The minimum Gasteiger partial charge on any atom is -0.292 e. The molecule has 3 aromatic rings. The zero-order valence-corrected chi connectivity index (χ0v) is 17.3. The second-order valence-corrected chi connectivity index (χ2v) is 7.90. The van der Waals surface area contributed by atoms with Gasteiger partial charge in [-0.3, -0.25) is 4.90 Å². The predicted octanol–water partition coefficient (Wildman–Crippen LogP) is 6.74. The van der Waals surface area contributed by atoms with Gasteiger partial charge in [-0.1, -0.05) is 111 Å². The minimum atomic E-state index is 0.561. The van der Waals surface area contributed by atoms with E-state index in [0.717, 1.165) is 19.5 Å². The topological polar surface area (TPSA) is 3.24 Å². The first-order valence-electron chi connectivity index (χ1n) is 10.6. The Hall–Kier alpha value is -2.38. The molecular weight excluding hydrogens is 338 g/mol. The molecule has 3 aromatic carbocycles. The quantitative estimate of drug-likeness (QED) is 0.381. The fourth-order valence-corrected chi connectivity index (χ4v) is 4.17. The maximum absolute atomic E-state index is 2.70. The molecule has 0 spiro atoms. The zero-order valence-electron chi connectivity index (χ0n) is 17.3. The summed E-state index contributed by atoms with van der Waals surface area (Å²) in [7, 11) is 0. The lowest BCUT2D eigenvalue weighted by Crippen LogP contribution is -2.39. The van der Waals surface area contributed by atoms with Gasteiger partial charge in [0.25, 0.3) is 0 Å². The van der Waals surface area contributed by atoms with E-state index >= 15 is 0 Å². The summed E-state index contributed by atoms with van der Waals surface area (Å²) < 4.78 is 0. The summed E-state index contributed by atoms with van der Waals surface area (Å²) >= 11 is 0. The Kier molecular flexibility index (Phi) is 7.87. The van der Waals surface area contributed by atoms with Crippen molar-refractivity contribution < 1.29 is 0 Å². The van der Waals surface area contributed by atoms with Gasteiger partial charge in [0.1, 0.15) is 0 Å². The van der Waals surface area contributed by atoms with Gasteiger partial charge < -0.3 is 0 Å². The third kappa shape index (κ3) is 6.07. The van der Waals surface area contributed by atoms with Crippen LogP contribution in [0.4, 0.5) is 0 Å². The number of rotatable bonds is 10. The first-order valence-corrected chi connectivity index (χ1v) is 10.6. The van der Waals surface area contributed by atoms with Crippen LogP contribution in [0.2, 0.25) is 0 Å². The summed E-state index contributed by atoms with van der Waals surface area (Å²) in [6.07, 6.45) is 3.57. The third-order valence-corrected chi connectivity index (χ3v) is 5.57. The van der Waals surface area contributed by atoms with Crippen molar-refractivity contribution in [1.82, 2.24) is 4.90 Å². The number of hydrogen-bond donors (Lipinski definition) is 0. The monoisotopic (exact) mass is 371 g/mol. The summed E-state index contributed by atoms with van der Waals surface area (Å²) in [5.74, 6) is 0.606. The standard InChI is InChI=1S/C27H33N/c1-3-13-27(23(2)20-24-14-7-4-8-15-24)28(21-25-16-9-5-10-17-25)22-26-18-11-6-12-19-26/h4-12,14-19,23,27H,3,13,20-22H2,1-2H3. The van der Waals surface area contributed by atoms with Crippen LogP contribution in [0, 0.1) is 5.92 Å². The van der Waals surface area contributed by atoms with E-state index in [1.54, 1.807) is 0 Å². The molecule has 1 nitrogen and oxygen atoms in total. The summed E-state index contributed by atoms with van der Waals surface area (Å²) in [4.78, 5) is 2.70. The Morgan fingerprint density at radius 2 is 1.07 bits per heavy atom.